The maximum atomic E-state index is 13.6. The van der Waals surface area contributed by atoms with Crippen LogP contribution in [-0.4, -0.2) is 18.5 Å². The maximum Gasteiger partial charge on any atom is 0.238 e. The number of hydrogen-bond acceptors (Lipinski definition) is 4. The first kappa shape index (κ1) is 17.4. The van der Waals surface area contributed by atoms with Gasteiger partial charge in [0.15, 0.2) is 0 Å². The number of nitrogens with zero attached hydrogens (tertiary/aromatic N) is 1. The van der Waals surface area contributed by atoms with Crippen molar-refractivity contribution in [2.45, 2.75) is 6.42 Å². The van der Waals surface area contributed by atoms with E-state index in [0.717, 1.165) is 6.42 Å². The molecule has 3 aliphatic rings. The predicted octanol–water partition coefficient (Wildman–Crippen LogP) is 2.52. The summed E-state index contributed by atoms with van der Waals surface area (Å²) in [6, 6.07) is 14.0. The van der Waals surface area contributed by atoms with Gasteiger partial charge >= 0.3 is 0 Å². The van der Waals surface area contributed by atoms with E-state index in [2.05, 4.69) is 12.2 Å². The molecule has 2 aliphatic carbocycles. The fraction of sp³-hybridized carbons (Fsp3) is 0.273. The number of amides is 2. The second-order valence-corrected chi connectivity index (χ2v) is 10.9. The monoisotopic (exact) mass is 392 g/mol. The van der Waals surface area contributed by atoms with E-state index in [4.69, 9.17) is 5.73 Å². The Kier molecular flexibility index (Phi) is 3.69. The fourth-order valence-corrected chi connectivity index (χ4v) is 6.81. The van der Waals surface area contributed by atoms with E-state index >= 15 is 0 Å². The summed E-state index contributed by atoms with van der Waals surface area (Å²) in [5.41, 5.74) is 6.92. The molecule has 28 heavy (non-hydrogen) atoms. The molecule has 2 aromatic rings. The predicted molar refractivity (Wildman–Crippen MR) is 110 cm³/mol. The molecule has 2 aromatic carbocycles. The van der Waals surface area contributed by atoms with Gasteiger partial charge in [0.1, 0.15) is 7.14 Å². The van der Waals surface area contributed by atoms with Crippen LogP contribution in [0.3, 0.4) is 0 Å². The molecule has 5 atom stereocenters. The van der Waals surface area contributed by atoms with Gasteiger partial charge in [-0.15, -0.1) is 0 Å². The SMILES string of the molecule is CP(=O)(c1cccc(N)c1)c1cccc(N2C(=O)[C@@H]3[C@H](C2=O)[C@@H]2C=C[C@H]3C2)c1. The Hall–Kier alpha value is -2.65. The van der Waals surface area contributed by atoms with Crippen molar-refractivity contribution in [2.75, 3.05) is 17.3 Å². The van der Waals surface area contributed by atoms with Crippen LogP contribution in [0.5, 0.6) is 0 Å². The average molecular weight is 392 g/mol. The van der Waals surface area contributed by atoms with E-state index in [1.54, 1.807) is 55.2 Å². The minimum Gasteiger partial charge on any atom is -0.399 e. The van der Waals surface area contributed by atoms with Gasteiger partial charge in [-0.2, -0.15) is 0 Å². The van der Waals surface area contributed by atoms with Gasteiger partial charge < -0.3 is 10.3 Å². The van der Waals surface area contributed by atoms with Crippen molar-refractivity contribution in [3.05, 3.63) is 60.7 Å². The Morgan fingerprint density at radius 2 is 1.50 bits per heavy atom. The Balaban J connectivity index is 1.53. The molecule has 2 amide bonds. The highest BCUT2D eigenvalue weighted by atomic mass is 31.2. The molecule has 1 heterocycles. The fourth-order valence-electron chi connectivity index (χ4n) is 4.99. The van der Waals surface area contributed by atoms with Gasteiger partial charge in [0.25, 0.3) is 0 Å². The second-order valence-electron chi connectivity index (χ2n) is 8.05. The molecule has 5 rings (SSSR count). The third-order valence-electron chi connectivity index (χ3n) is 6.41. The normalized spacial score (nSPS) is 30.0. The zero-order valence-electron chi connectivity index (χ0n) is 15.5. The van der Waals surface area contributed by atoms with Gasteiger partial charge in [-0.25, -0.2) is 4.90 Å². The van der Waals surface area contributed by atoms with Crippen molar-refractivity contribution in [1.29, 1.82) is 0 Å². The molecule has 2 fully saturated rings. The Morgan fingerprint density at radius 1 is 0.929 bits per heavy atom. The Labute approximate surface area is 163 Å². The minimum absolute atomic E-state index is 0.126. The van der Waals surface area contributed by atoms with Gasteiger partial charge in [0.2, 0.25) is 11.8 Å². The number of anilines is 2. The molecule has 0 spiro atoms. The van der Waals surface area contributed by atoms with E-state index in [1.807, 2.05) is 0 Å². The number of hydrogen-bond donors (Lipinski definition) is 1. The first-order valence-corrected chi connectivity index (χ1v) is 11.6. The quantitative estimate of drug-likeness (QED) is 0.377. The van der Waals surface area contributed by atoms with Crippen LogP contribution in [0.1, 0.15) is 6.42 Å². The van der Waals surface area contributed by atoms with Crippen molar-refractivity contribution >= 4 is 40.9 Å². The third-order valence-corrected chi connectivity index (χ3v) is 8.94. The molecule has 2 N–H and O–H groups in total. The van der Waals surface area contributed by atoms with Crippen LogP contribution >= 0.6 is 7.14 Å². The van der Waals surface area contributed by atoms with Crippen LogP contribution in [0.15, 0.2) is 60.7 Å². The van der Waals surface area contributed by atoms with Crippen molar-refractivity contribution < 1.29 is 14.2 Å². The van der Waals surface area contributed by atoms with Crippen LogP contribution < -0.4 is 21.2 Å². The molecule has 0 radical (unpaired) electrons. The first-order chi connectivity index (χ1) is 13.4. The second kappa shape index (κ2) is 5.92. The zero-order chi connectivity index (χ0) is 19.6. The molecule has 2 bridgehead atoms. The molecular formula is C22H21N2O3P. The summed E-state index contributed by atoms with van der Waals surface area (Å²) in [6.45, 7) is 1.69. The topological polar surface area (TPSA) is 80.5 Å². The summed E-state index contributed by atoms with van der Waals surface area (Å²) in [7, 11) is -2.91. The van der Waals surface area contributed by atoms with Crippen LogP contribution in [-0.2, 0) is 14.2 Å². The smallest absolute Gasteiger partial charge is 0.238 e. The molecule has 1 aliphatic heterocycles. The Morgan fingerprint density at radius 3 is 2.11 bits per heavy atom. The summed E-state index contributed by atoms with van der Waals surface area (Å²) in [5.74, 6) is -0.395. The first-order valence-electron chi connectivity index (χ1n) is 9.48. The molecule has 6 heteroatoms. The number of rotatable bonds is 3. The van der Waals surface area contributed by atoms with Gasteiger partial charge in [0, 0.05) is 16.3 Å². The Bertz CT molecular complexity index is 1060. The summed E-state index contributed by atoms with van der Waals surface area (Å²) in [4.78, 5) is 27.4. The molecule has 5 nitrogen and oxygen atoms in total. The zero-order valence-corrected chi connectivity index (χ0v) is 16.4. The molecule has 0 aromatic heterocycles. The lowest BCUT2D eigenvalue weighted by Gasteiger charge is -2.20. The lowest BCUT2D eigenvalue weighted by atomic mass is 9.85. The van der Waals surface area contributed by atoms with E-state index < -0.39 is 7.14 Å². The molecule has 142 valence electrons. The standard InChI is InChI=1S/C22H21N2O3P/c1-28(27,17-6-2-4-15(23)11-17)18-7-3-5-16(12-18)24-21(25)19-13-8-9-14(10-13)20(19)22(24)26/h2-9,11-14,19-20H,10,23H2,1H3/t13-,14+,19-,20+,28?. The summed E-state index contributed by atoms with van der Waals surface area (Å²) in [6.07, 6.45) is 5.06. The lowest BCUT2D eigenvalue weighted by Crippen LogP contribution is -2.33. The van der Waals surface area contributed by atoms with Crippen molar-refractivity contribution in [3.8, 4) is 0 Å². The number of imide groups is 1. The van der Waals surface area contributed by atoms with E-state index in [0.29, 0.717) is 22.0 Å². The van der Waals surface area contributed by atoms with Crippen LogP contribution in [0.4, 0.5) is 11.4 Å². The number of nitrogens with two attached hydrogens (primary N) is 1. The summed E-state index contributed by atoms with van der Waals surface area (Å²) >= 11 is 0. The third kappa shape index (κ3) is 2.36. The van der Waals surface area contributed by atoms with E-state index in [1.165, 1.54) is 4.90 Å². The number of allylic oxidation sites excluding steroid dienone is 2. The molecule has 1 unspecified atom stereocenters. The van der Waals surface area contributed by atoms with Crippen molar-refractivity contribution in [3.63, 3.8) is 0 Å². The van der Waals surface area contributed by atoms with Crippen LogP contribution in [0.2, 0.25) is 0 Å². The van der Waals surface area contributed by atoms with Crippen LogP contribution in [0, 0.1) is 23.7 Å². The number of nitrogen functional groups attached to an aromatic ring is 1. The average Bonchev–Trinajstić information content (AvgIpc) is 3.36. The number of carbonyl (C=O) groups excluding carboxylic acids is 2. The molecule has 1 saturated heterocycles. The van der Waals surface area contributed by atoms with E-state index in [-0.39, 0.29) is 35.5 Å². The maximum absolute atomic E-state index is 13.6. The van der Waals surface area contributed by atoms with Gasteiger partial charge in [0.05, 0.1) is 17.5 Å². The summed E-state index contributed by atoms with van der Waals surface area (Å²) < 4.78 is 13.6. The van der Waals surface area contributed by atoms with Gasteiger partial charge in [-0.05, 0) is 49.2 Å². The minimum atomic E-state index is -2.91. The van der Waals surface area contributed by atoms with Crippen LogP contribution in [0.25, 0.3) is 0 Å². The largest absolute Gasteiger partial charge is 0.399 e. The summed E-state index contributed by atoms with van der Waals surface area (Å²) in [5, 5.41) is 1.26. The van der Waals surface area contributed by atoms with Crippen molar-refractivity contribution in [2.24, 2.45) is 23.7 Å². The lowest BCUT2D eigenvalue weighted by molar-refractivity contribution is -0.123. The molecule has 1 saturated carbocycles. The van der Waals surface area contributed by atoms with Crippen molar-refractivity contribution in [1.82, 2.24) is 0 Å². The highest BCUT2D eigenvalue weighted by molar-refractivity contribution is 7.78. The number of carbonyl (C=O) groups is 2. The van der Waals surface area contributed by atoms with Gasteiger partial charge in [-0.1, -0.05) is 36.4 Å². The molecular weight excluding hydrogens is 371 g/mol. The highest BCUT2D eigenvalue weighted by Crippen LogP contribution is 2.53. The van der Waals surface area contributed by atoms with E-state index in [9.17, 15) is 14.2 Å². The highest BCUT2D eigenvalue weighted by Gasteiger charge is 2.59. The number of benzene rings is 2. The van der Waals surface area contributed by atoms with Gasteiger partial charge in [-0.3, -0.25) is 9.59 Å². The number of fused-ring (bicyclic) bond motifs is 5.